The third kappa shape index (κ3) is 6.36. The van der Waals surface area contributed by atoms with Crippen LogP contribution in [0.3, 0.4) is 0 Å². The molecule has 0 aliphatic rings. The van der Waals surface area contributed by atoms with Gasteiger partial charge in [-0.3, -0.25) is 4.79 Å². The van der Waals surface area contributed by atoms with Gasteiger partial charge in [-0.25, -0.2) is 0 Å². The lowest BCUT2D eigenvalue weighted by Gasteiger charge is -2.24. The normalized spacial score (nSPS) is 11.4. The number of ether oxygens (including phenoxy) is 1. The van der Waals surface area contributed by atoms with Crippen molar-refractivity contribution in [2.45, 2.75) is 33.3 Å². The van der Waals surface area contributed by atoms with Crippen molar-refractivity contribution in [3.8, 4) is 0 Å². The Morgan fingerprint density at radius 2 is 1.89 bits per heavy atom. The number of carbonyl (C=O) groups is 1. The van der Waals surface area contributed by atoms with Crippen molar-refractivity contribution in [3.63, 3.8) is 0 Å². The number of rotatable bonds is 7. The van der Waals surface area contributed by atoms with Gasteiger partial charge in [0.15, 0.2) is 0 Å². The van der Waals surface area contributed by atoms with E-state index in [1.807, 2.05) is 52.0 Å². The molecule has 0 unspecified atom stereocenters. The van der Waals surface area contributed by atoms with Crippen molar-refractivity contribution in [3.05, 3.63) is 29.8 Å². The third-order valence-corrected chi connectivity index (χ3v) is 2.71. The quantitative estimate of drug-likeness (QED) is 0.794. The number of nitrogens with one attached hydrogen (secondary N) is 2. The van der Waals surface area contributed by atoms with E-state index >= 15 is 0 Å². The molecule has 0 spiro atoms. The zero-order valence-corrected chi connectivity index (χ0v) is 12.2. The molecule has 0 aromatic heterocycles. The minimum atomic E-state index is -0.251. The topological polar surface area (TPSA) is 50.4 Å². The Hall–Kier alpha value is -1.39. The highest BCUT2D eigenvalue weighted by molar-refractivity contribution is 5.92. The van der Waals surface area contributed by atoms with E-state index in [1.165, 1.54) is 5.56 Å². The number of amides is 1. The number of hydrogen-bond acceptors (Lipinski definition) is 3. The van der Waals surface area contributed by atoms with Crippen molar-refractivity contribution in [1.29, 1.82) is 0 Å². The Labute approximate surface area is 115 Å². The molecule has 1 aromatic carbocycles. The standard InChI is InChI=1S/C15H24N2O2/c1-5-19-15(3,4)11-16-10-14(18)17-13-8-6-12(2)7-9-13/h6-9,16H,5,10-11H2,1-4H3,(H,17,18). The summed E-state index contributed by atoms with van der Waals surface area (Å²) in [6.45, 7) is 9.58. The Balaban J connectivity index is 2.30. The maximum absolute atomic E-state index is 11.7. The Bertz CT molecular complexity index is 399. The summed E-state index contributed by atoms with van der Waals surface area (Å²) in [6.07, 6.45) is 0. The van der Waals surface area contributed by atoms with Gasteiger partial charge in [0, 0.05) is 18.8 Å². The van der Waals surface area contributed by atoms with Crippen molar-refractivity contribution < 1.29 is 9.53 Å². The van der Waals surface area contributed by atoms with Crippen LogP contribution in [-0.4, -0.2) is 31.2 Å². The second-order valence-electron chi connectivity index (χ2n) is 5.21. The fourth-order valence-electron chi connectivity index (χ4n) is 1.76. The number of hydrogen-bond donors (Lipinski definition) is 2. The van der Waals surface area contributed by atoms with Crippen molar-refractivity contribution >= 4 is 11.6 Å². The van der Waals surface area contributed by atoms with Crippen LogP contribution in [0.1, 0.15) is 26.3 Å². The number of anilines is 1. The van der Waals surface area contributed by atoms with Crippen molar-refractivity contribution in [2.75, 3.05) is 25.0 Å². The lowest BCUT2D eigenvalue weighted by atomic mass is 10.1. The van der Waals surface area contributed by atoms with Gasteiger partial charge in [0.25, 0.3) is 0 Å². The molecule has 4 nitrogen and oxygen atoms in total. The van der Waals surface area contributed by atoms with Gasteiger partial charge in [0.1, 0.15) is 0 Å². The second kappa shape index (κ2) is 7.26. The van der Waals surface area contributed by atoms with Gasteiger partial charge in [-0.1, -0.05) is 17.7 Å². The van der Waals surface area contributed by atoms with Crippen LogP contribution in [0.2, 0.25) is 0 Å². The highest BCUT2D eigenvalue weighted by Gasteiger charge is 2.17. The van der Waals surface area contributed by atoms with Crippen molar-refractivity contribution in [1.82, 2.24) is 5.32 Å². The van der Waals surface area contributed by atoms with Gasteiger partial charge in [0.05, 0.1) is 12.1 Å². The summed E-state index contributed by atoms with van der Waals surface area (Å²) in [5.74, 6) is -0.0452. The smallest absolute Gasteiger partial charge is 0.238 e. The lowest BCUT2D eigenvalue weighted by molar-refractivity contribution is -0.115. The van der Waals surface area contributed by atoms with Crippen LogP contribution in [0, 0.1) is 6.92 Å². The van der Waals surface area contributed by atoms with E-state index < -0.39 is 0 Å². The second-order valence-corrected chi connectivity index (χ2v) is 5.21. The third-order valence-electron chi connectivity index (χ3n) is 2.71. The van der Waals surface area contributed by atoms with Crippen LogP contribution in [0.4, 0.5) is 5.69 Å². The summed E-state index contributed by atoms with van der Waals surface area (Å²) in [5, 5.41) is 5.95. The summed E-state index contributed by atoms with van der Waals surface area (Å²) in [4.78, 5) is 11.7. The molecule has 0 atom stereocenters. The first-order chi connectivity index (χ1) is 8.93. The predicted molar refractivity (Wildman–Crippen MR) is 78.4 cm³/mol. The molecule has 0 aliphatic carbocycles. The van der Waals surface area contributed by atoms with E-state index in [-0.39, 0.29) is 18.1 Å². The highest BCUT2D eigenvalue weighted by atomic mass is 16.5. The SMILES string of the molecule is CCOC(C)(C)CNCC(=O)Nc1ccc(C)cc1. The summed E-state index contributed by atoms with van der Waals surface area (Å²) < 4.78 is 5.55. The maximum atomic E-state index is 11.7. The van der Waals surface area contributed by atoms with Gasteiger partial charge in [-0.05, 0) is 39.8 Å². The van der Waals surface area contributed by atoms with E-state index in [1.54, 1.807) is 0 Å². The van der Waals surface area contributed by atoms with E-state index in [9.17, 15) is 4.79 Å². The molecule has 0 radical (unpaired) electrons. The number of benzene rings is 1. The molecular weight excluding hydrogens is 240 g/mol. The van der Waals surface area contributed by atoms with Gasteiger partial charge in [-0.15, -0.1) is 0 Å². The molecule has 0 saturated carbocycles. The minimum absolute atomic E-state index is 0.0452. The number of carbonyl (C=O) groups excluding carboxylic acids is 1. The molecule has 1 amide bonds. The van der Waals surface area contributed by atoms with Gasteiger partial charge < -0.3 is 15.4 Å². The molecule has 0 fully saturated rings. The molecule has 1 aromatic rings. The molecule has 4 heteroatoms. The van der Waals surface area contributed by atoms with Crippen molar-refractivity contribution in [2.24, 2.45) is 0 Å². The Morgan fingerprint density at radius 3 is 2.47 bits per heavy atom. The van der Waals surface area contributed by atoms with Gasteiger partial charge in [0.2, 0.25) is 5.91 Å². The molecule has 0 heterocycles. The first kappa shape index (κ1) is 15.7. The molecule has 19 heavy (non-hydrogen) atoms. The molecular formula is C15H24N2O2. The zero-order chi connectivity index (χ0) is 14.3. The van der Waals surface area contributed by atoms with E-state index in [0.29, 0.717) is 13.2 Å². The first-order valence-corrected chi connectivity index (χ1v) is 6.64. The molecule has 1 rings (SSSR count). The van der Waals surface area contributed by atoms with Crippen LogP contribution in [0.15, 0.2) is 24.3 Å². The van der Waals surface area contributed by atoms with Crippen LogP contribution in [-0.2, 0) is 9.53 Å². The van der Waals surface area contributed by atoms with E-state index in [4.69, 9.17) is 4.74 Å². The molecule has 0 aliphatic heterocycles. The molecule has 2 N–H and O–H groups in total. The average Bonchev–Trinajstić information content (AvgIpc) is 2.31. The summed E-state index contributed by atoms with van der Waals surface area (Å²) in [7, 11) is 0. The van der Waals surface area contributed by atoms with Crippen LogP contribution < -0.4 is 10.6 Å². The lowest BCUT2D eigenvalue weighted by Crippen LogP contribution is -2.40. The van der Waals surface area contributed by atoms with E-state index in [0.717, 1.165) is 5.69 Å². The Kier molecular flexibility index (Phi) is 5.99. The predicted octanol–water partition coefficient (Wildman–Crippen LogP) is 2.34. The summed E-state index contributed by atoms with van der Waals surface area (Å²) in [6, 6.07) is 7.75. The molecule has 0 saturated heterocycles. The Morgan fingerprint density at radius 1 is 1.26 bits per heavy atom. The van der Waals surface area contributed by atoms with Gasteiger partial charge >= 0.3 is 0 Å². The highest BCUT2D eigenvalue weighted by Crippen LogP contribution is 2.08. The minimum Gasteiger partial charge on any atom is -0.375 e. The molecule has 106 valence electrons. The fraction of sp³-hybridized carbons (Fsp3) is 0.533. The molecule has 0 bridgehead atoms. The van der Waals surface area contributed by atoms with Crippen LogP contribution >= 0.6 is 0 Å². The average molecular weight is 264 g/mol. The fourth-order valence-corrected chi connectivity index (χ4v) is 1.76. The monoisotopic (exact) mass is 264 g/mol. The van der Waals surface area contributed by atoms with Crippen LogP contribution in [0.5, 0.6) is 0 Å². The first-order valence-electron chi connectivity index (χ1n) is 6.64. The van der Waals surface area contributed by atoms with Gasteiger partial charge in [-0.2, -0.15) is 0 Å². The van der Waals surface area contributed by atoms with Crippen LogP contribution in [0.25, 0.3) is 0 Å². The number of aryl methyl sites for hydroxylation is 1. The van der Waals surface area contributed by atoms with E-state index in [2.05, 4.69) is 10.6 Å². The maximum Gasteiger partial charge on any atom is 0.238 e. The zero-order valence-electron chi connectivity index (χ0n) is 12.2. The largest absolute Gasteiger partial charge is 0.375 e. The summed E-state index contributed by atoms with van der Waals surface area (Å²) >= 11 is 0. The summed E-state index contributed by atoms with van der Waals surface area (Å²) in [5.41, 5.74) is 1.75.